The Labute approximate surface area is 126 Å². The molecule has 0 aromatic carbocycles. The molecule has 0 spiro atoms. The van der Waals surface area contributed by atoms with Gasteiger partial charge in [-0.25, -0.2) is 4.98 Å². The van der Waals surface area contributed by atoms with E-state index in [0.29, 0.717) is 0 Å². The van der Waals surface area contributed by atoms with Crippen molar-refractivity contribution >= 4 is 11.3 Å². The number of aromatic nitrogens is 1. The molecule has 1 aliphatic carbocycles. The Morgan fingerprint density at radius 1 is 1.40 bits per heavy atom. The minimum Gasteiger partial charge on any atom is -0.314 e. The average Bonchev–Trinajstić information content (AvgIpc) is 3.19. The molecule has 1 aromatic rings. The summed E-state index contributed by atoms with van der Waals surface area (Å²) in [5.41, 5.74) is 1.29. The molecule has 1 aliphatic heterocycles. The highest BCUT2D eigenvalue weighted by atomic mass is 32.1. The number of aryl methyl sites for hydroxylation is 1. The van der Waals surface area contributed by atoms with Gasteiger partial charge in [0, 0.05) is 24.5 Å². The van der Waals surface area contributed by atoms with Gasteiger partial charge in [0.25, 0.3) is 0 Å². The molecule has 2 aliphatic rings. The standard InChI is InChI=1S/C16H27N3S/c1-2-4-16-18-15(12-20-16)11-19-8-3-5-13(10-19)9-17-14-6-7-14/h12-14,17H,2-11H2,1H3. The lowest BCUT2D eigenvalue weighted by molar-refractivity contribution is 0.163. The smallest absolute Gasteiger partial charge is 0.0928 e. The van der Waals surface area contributed by atoms with Crippen LogP contribution in [0.15, 0.2) is 5.38 Å². The van der Waals surface area contributed by atoms with Crippen LogP contribution in [0.4, 0.5) is 0 Å². The van der Waals surface area contributed by atoms with E-state index in [0.717, 1.165) is 24.9 Å². The molecule has 3 rings (SSSR count). The number of hydrogen-bond acceptors (Lipinski definition) is 4. The monoisotopic (exact) mass is 293 g/mol. The van der Waals surface area contributed by atoms with Gasteiger partial charge in [0.1, 0.15) is 0 Å². The van der Waals surface area contributed by atoms with Gasteiger partial charge in [-0.15, -0.1) is 11.3 Å². The third-order valence-corrected chi connectivity index (χ3v) is 5.28. The number of thiazole rings is 1. The molecule has 4 heteroatoms. The molecule has 2 fully saturated rings. The number of likely N-dealkylation sites (tertiary alicyclic amines) is 1. The number of rotatable bonds is 7. The molecule has 1 aromatic heterocycles. The normalized spacial score (nSPS) is 24.1. The summed E-state index contributed by atoms with van der Waals surface area (Å²) in [6, 6.07) is 0.848. The Kier molecular flexibility index (Phi) is 5.08. The second-order valence-electron chi connectivity index (χ2n) is 6.41. The maximum atomic E-state index is 4.76. The lowest BCUT2D eigenvalue weighted by Gasteiger charge is -2.32. The van der Waals surface area contributed by atoms with Crippen molar-refractivity contribution in [3.63, 3.8) is 0 Å². The molecule has 112 valence electrons. The van der Waals surface area contributed by atoms with Crippen molar-refractivity contribution in [2.24, 2.45) is 5.92 Å². The van der Waals surface area contributed by atoms with E-state index in [-0.39, 0.29) is 0 Å². The molecule has 0 bridgehead atoms. The van der Waals surface area contributed by atoms with Gasteiger partial charge in [-0.1, -0.05) is 6.92 Å². The summed E-state index contributed by atoms with van der Waals surface area (Å²) in [6.07, 6.45) is 7.88. The van der Waals surface area contributed by atoms with Gasteiger partial charge in [0.15, 0.2) is 0 Å². The fraction of sp³-hybridized carbons (Fsp3) is 0.812. The summed E-state index contributed by atoms with van der Waals surface area (Å²) >= 11 is 1.84. The molecular formula is C16H27N3S. The van der Waals surface area contributed by atoms with E-state index in [4.69, 9.17) is 4.98 Å². The van der Waals surface area contributed by atoms with Crippen molar-refractivity contribution < 1.29 is 0 Å². The van der Waals surface area contributed by atoms with Gasteiger partial charge in [-0.05, 0) is 57.5 Å². The largest absolute Gasteiger partial charge is 0.314 e. The van der Waals surface area contributed by atoms with Crippen LogP contribution in [0.5, 0.6) is 0 Å². The van der Waals surface area contributed by atoms with Crippen LogP contribution in [0.2, 0.25) is 0 Å². The van der Waals surface area contributed by atoms with Gasteiger partial charge in [0.05, 0.1) is 10.7 Å². The Bertz CT molecular complexity index is 414. The summed E-state index contributed by atoms with van der Waals surface area (Å²) in [4.78, 5) is 7.37. The van der Waals surface area contributed by atoms with Crippen molar-refractivity contribution in [1.82, 2.24) is 15.2 Å². The van der Waals surface area contributed by atoms with Gasteiger partial charge in [-0.2, -0.15) is 0 Å². The quantitative estimate of drug-likeness (QED) is 0.837. The number of hydrogen-bond donors (Lipinski definition) is 1. The zero-order valence-electron chi connectivity index (χ0n) is 12.6. The van der Waals surface area contributed by atoms with Gasteiger partial charge in [0.2, 0.25) is 0 Å². The SMILES string of the molecule is CCCc1nc(CN2CCCC(CNC3CC3)C2)cs1. The first kappa shape index (κ1) is 14.5. The maximum absolute atomic E-state index is 4.76. The van der Waals surface area contributed by atoms with Crippen LogP contribution in [-0.2, 0) is 13.0 Å². The lowest BCUT2D eigenvalue weighted by Crippen LogP contribution is -2.39. The van der Waals surface area contributed by atoms with E-state index in [1.54, 1.807) is 0 Å². The van der Waals surface area contributed by atoms with Crippen LogP contribution in [-0.4, -0.2) is 35.6 Å². The highest BCUT2D eigenvalue weighted by molar-refractivity contribution is 7.09. The van der Waals surface area contributed by atoms with Crippen LogP contribution in [0.1, 0.15) is 49.7 Å². The van der Waals surface area contributed by atoms with Gasteiger partial charge < -0.3 is 5.32 Å². The summed E-state index contributed by atoms with van der Waals surface area (Å²) in [7, 11) is 0. The van der Waals surface area contributed by atoms with Crippen molar-refractivity contribution in [1.29, 1.82) is 0 Å². The minimum absolute atomic E-state index is 0.845. The third kappa shape index (κ3) is 4.27. The first-order valence-electron chi connectivity index (χ1n) is 8.22. The minimum atomic E-state index is 0.845. The predicted molar refractivity (Wildman–Crippen MR) is 85.1 cm³/mol. The lowest BCUT2D eigenvalue weighted by atomic mass is 9.98. The molecule has 0 radical (unpaired) electrons. The third-order valence-electron chi connectivity index (χ3n) is 4.32. The van der Waals surface area contributed by atoms with Gasteiger partial charge in [-0.3, -0.25) is 4.90 Å². The maximum Gasteiger partial charge on any atom is 0.0928 e. The molecule has 3 nitrogen and oxygen atoms in total. The highest BCUT2D eigenvalue weighted by Gasteiger charge is 2.24. The van der Waals surface area contributed by atoms with E-state index in [1.807, 2.05) is 11.3 Å². The summed E-state index contributed by atoms with van der Waals surface area (Å²) in [6.45, 7) is 7.00. The Morgan fingerprint density at radius 2 is 2.30 bits per heavy atom. The van der Waals surface area contributed by atoms with Gasteiger partial charge >= 0.3 is 0 Å². The van der Waals surface area contributed by atoms with E-state index < -0.39 is 0 Å². The molecule has 2 heterocycles. The van der Waals surface area contributed by atoms with E-state index in [1.165, 1.54) is 62.4 Å². The predicted octanol–water partition coefficient (Wildman–Crippen LogP) is 3.06. The summed E-state index contributed by atoms with van der Waals surface area (Å²) < 4.78 is 0. The van der Waals surface area contributed by atoms with E-state index >= 15 is 0 Å². The molecule has 1 unspecified atom stereocenters. The van der Waals surface area contributed by atoms with Crippen LogP contribution < -0.4 is 5.32 Å². The Balaban J connectivity index is 1.45. The highest BCUT2D eigenvalue weighted by Crippen LogP contribution is 2.22. The number of piperidine rings is 1. The van der Waals surface area contributed by atoms with Crippen LogP contribution >= 0.6 is 11.3 Å². The summed E-state index contributed by atoms with van der Waals surface area (Å²) in [5.74, 6) is 0.845. The zero-order chi connectivity index (χ0) is 13.8. The van der Waals surface area contributed by atoms with E-state index in [9.17, 15) is 0 Å². The van der Waals surface area contributed by atoms with Crippen LogP contribution in [0, 0.1) is 5.92 Å². The molecule has 0 amide bonds. The molecule has 20 heavy (non-hydrogen) atoms. The van der Waals surface area contributed by atoms with Crippen LogP contribution in [0.3, 0.4) is 0 Å². The van der Waals surface area contributed by atoms with Crippen molar-refractivity contribution in [3.8, 4) is 0 Å². The molecular weight excluding hydrogens is 266 g/mol. The number of nitrogens with one attached hydrogen (secondary N) is 1. The van der Waals surface area contributed by atoms with Crippen LogP contribution in [0.25, 0.3) is 0 Å². The zero-order valence-corrected chi connectivity index (χ0v) is 13.4. The molecule has 1 atom stereocenters. The Morgan fingerprint density at radius 3 is 3.10 bits per heavy atom. The fourth-order valence-corrected chi connectivity index (χ4v) is 3.95. The van der Waals surface area contributed by atoms with Crippen molar-refractivity contribution in [2.45, 2.75) is 58.0 Å². The van der Waals surface area contributed by atoms with Crippen molar-refractivity contribution in [3.05, 3.63) is 16.1 Å². The first-order chi connectivity index (χ1) is 9.83. The average molecular weight is 293 g/mol. The summed E-state index contributed by atoms with van der Waals surface area (Å²) in [5, 5.41) is 7.26. The van der Waals surface area contributed by atoms with E-state index in [2.05, 4.69) is 22.5 Å². The van der Waals surface area contributed by atoms with Crippen molar-refractivity contribution in [2.75, 3.05) is 19.6 Å². The molecule has 1 saturated heterocycles. The topological polar surface area (TPSA) is 28.2 Å². The Hall–Kier alpha value is -0.450. The second-order valence-corrected chi connectivity index (χ2v) is 7.35. The first-order valence-corrected chi connectivity index (χ1v) is 9.10. The molecule has 1 N–H and O–H groups in total. The second kappa shape index (κ2) is 7.01. The fourth-order valence-electron chi connectivity index (χ4n) is 3.06. The number of nitrogens with zero attached hydrogens (tertiary/aromatic N) is 2. The molecule has 1 saturated carbocycles.